The minimum absolute atomic E-state index is 0.0851. The summed E-state index contributed by atoms with van der Waals surface area (Å²) in [6.07, 6.45) is 0. The van der Waals surface area contributed by atoms with Crippen LogP contribution in [0.25, 0.3) is 5.69 Å². The number of carbonyl (C=O) groups excluding carboxylic acids is 1. The van der Waals surface area contributed by atoms with Gasteiger partial charge < -0.3 is 10.2 Å². The van der Waals surface area contributed by atoms with E-state index in [1.54, 1.807) is 36.4 Å². The maximum Gasteiger partial charge on any atom is 0.271 e. The number of sulfonamides is 1. The first kappa shape index (κ1) is 22.7. The molecule has 2 aromatic carbocycles. The van der Waals surface area contributed by atoms with Gasteiger partial charge in [0.1, 0.15) is 10.7 Å². The number of amides is 1. The lowest BCUT2D eigenvalue weighted by atomic mass is 10.2. The van der Waals surface area contributed by atoms with E-state index in [9.17, 15) is 18.0 Å². The van der Waals surface area contributed by atoms with Crippen molar-refractivity contribution in [2.45, 2.75) is 18.7 Å². The molecule has 1 N–H and O–H groups in total. The predicted octanol–water partition coefficient (Wildman–Crippen LogP) is 2.01. The van der Waals surface area contributed by atoms with Crippen LogP contribution < -0.4 is 15.8 Å². The SMILES string of the molecule is CC(=O)Nc1ccc(C)cc1S(=O)(=O)N1CCN(c2ccc(=O)n(-c3ccccc3)n2)CC1. The van der Waals surface area contributed by atoms with Gasteiger partial charge >= 0.3 is 0 Å². The van der Waals surface area contributed by atoms with Gasteiger partial charge in [0.25, 0.3) is 5.56 Å². The van der Waals surface area contributed by atoms with Gasteiger partial charge in [-0.05, 0) is 42.8 Å². The molecule has 0 saturated carbocycles. The van der Waals surface area contributed by atoms with Gasteiger partial charge in [0, 0.05) is 39.2 Å². The molecule has 33 heavy (non-hydrogen) atoms. The van der Waals surface area contributed by atoms with Gasteiger partial charge in [-0.1, -0.05) is 24.3 Å². The smallest absolute Gasteiger partial charge is 0.271 e. The highest BCUT2D eigenvalue weighted by Crippen LogP contribution is 2.27. The average Bonchev–Trinajstić information content (AvgIpc) is 2.81. The molecule has 1 aliphatic rings. The monoisotopic (exact) mass is 467 g/mol. The standard InChI is InChI=1S/C23H25N5O4S/c1-17-8-9-20(24-18(2)29)21(16-17)33(31,32)27-14-12-26(13-15-27)22-10-11-23(30)28(25-22)19-6-4-3-5-7-19/h3-11,16H,12-15H2,1-2H3,(H,24,29). The highest BCUT2D eigenvalue weighted by atomic mass is 32.2. The molecule has 0 spiro atoms. The van der Waals surface area contributed by atoms with Gasteiger partial charge in [-0.3, -0.25) is 9.59 Å². The molecule has 0 bridgehead atoms. The van der Waals surface area contributed by atoms with Crippen molar-refractivity contribution >= 4 is 27.4 Å². The molecule has 1 fully saturated rings. The quantitative estimate of drug-likeness (QED) is 0.616. The second kappa shape index (κ2) is 9.16. The fraction of sp³-hybridized carbons (Fsp3) is 0.261. The zero-order chi connectivity index (χ0) is 23.6. The molecule has 172 valence electrons. The van der Waals surface area contributed by atoms with Crippen molar-refractivity contribution in [3.8, 4) is 5.69 Å². The number of aryl methyl sites for hydroxylation is 1. The topological polar surface area (TPSA) is 105 Å². The van der Waals surface area contributed by atoms with Gasteiger partial charge in [-0.2, -0.15) is 8.99 Å². The van der Waals surface area contributed by atoms with Crippen LogP contribution in [-0.2, 0) is 14.8 Å². The van der Waals surface area contributed by atoms with Crippen molar-refractivity contribution in [3.63, 3.8) is 0 Å². The summed E-state index contributed by atoms with van der Waals surface area (Å²) in [6, 6.07) is 17.2. The summed E-state index contributed by atoms with van der Waals surface area (Å²) in [5, 5.41) is 7.09. The maximum absolute atomic E-state index is 13.4. The van der Waals surface area contributed by atoms with Crippen molar-refractivity contribution < 1.29 is 13.2 Å². The van der Waals surface area contributed by atoms with Crippen LogP contribution in [0.3, 0.4) is 0 Å². The number of carbonyl (C=O) groups is 1. The van der Waals surface area contributed by atoms with E-state index in [2.05, 4.69) is 10.4 Å². The Kier molecular flexibility index (Phi) is 6.30. The van der Waals surface area contributed by atoms with Crippen molar-refractivity contribution in [2.75, 3.05) is 36.4 Å². The van der Waals surface area contributed by atoms with E-state index in [1.165, 1.54) is 22.0 Å². The first-order valence-electron chi connectivity index (χ1n) is 10.5. The molecular formula is C23H25N5O4S. The lowest BCUT2D eigenvalue weighted by molar-refractivity contribution is -0.114. The van der Waals surface area contributed by atoms with Gasteiger partial charge in [-0.15, -0.1) is 5.10 Å². The van der Waals surface area contributed by atoms with Gasteiger partial charge in [0.05, 0.1) is 11.4 Å². The zero-order valence-electron chi connectivity index (χ0n) is 18.4. The van der Waals surface area contributed by atoms with Crippen molar-refractivity contribution in [1.82, 2.24) is 14.1 Å². The summed E-state index contributed by atoms with van der Waals surface area (Å²) in [5.41, 5.74) is 1.48. The Hall–Kier alpha value is -3.50. The molecule has 3 aromatic rings. The number of hydrogen-bond acceptors (Lipinski definition) is 6. The van der Waals surface area contributed by atoms with Crippen LogP contribution in [0, 0.1) is 6.92 Å². The van der Waals surface area contributed by atoms with Gasteiger partial charge in [-0.25, -0.2) is 8.42 Å². The average molecular weight is 468 g/mol. The fourth-order valence-electron chi connectivity index (χ4n) is 3.76. The minimum Gasteiger partial charge on any atom is -0.353 e. The Morgan fingerprint density at radius 3 is 2.33 bits per heavy atom. The molecule has 1 aromatic heterocycles. The predicted molar refractivity (Wildman–Crippen MR) is 126 cm³/mol. The molecule has 0 unspecified atom stereocenters. The van der Waals surface area contributed by atoms with Crippen molar-refractivity contribution in [3.05, 3.63) is 76.6 Å². The molecule has 0 atom stereocenters. The molecule has 9 nitrogen and oxygen atoms in total. The maximum atomic E-state index is 13.4. The lowest BCUT2D eigenvalue weighted by Crippen LogP contribution is -2.49. The number of aromatic nitrogens is 2. The van der Waals surface area contributed by atoms with E-state index >= 15 is 0 Å². The second-order valence-corrected chi connectivity index (χ2v) is 9.76. The number of para-hydroxylation sites is 1. The molecule has 1 amide bonds. The number of benzene rings is 2. The number of anilines is 2. The van der Waals surface area contributed by atoms with E-state index < -0.39 is 10.0 Å². The van der Waals surface area contributed by atoms with Gasteiger partial charge in [0.15, 0.2) is 0 Å². The normalized spacial score (nSPS) is 14.8. The molecule has 2 heterocycles. The van der Waals surface area contributed by atoms with Crippen molar-refractivity contribution in [2.24, 2.45) is 0 Å². The third-order valence-electron chi connectivity index (χ3n) is 5.42. The Labute approximate surface area is 192 Å². The Morgan fingerprint density at radius 1 is 0.970 bits per heavy atom. The van der Waals surface area contributed by atoms with Crippen LogP contribution in [0.2, 0.25) is 0 Å². The van der Waals surface area contributed by atoms with Crippen LogP contribution in [0.5, 0.6) is 0 Å². The van der Waals surface area contributed by atoms with E-state index in [0.29, 0.717) is 24.6 Å². The molecule has 1 aliphatic heterocycles. The summed E-state index contributed by atoms with van der Waals surface area (Å²) >= 11 is 0. The summed E-state index contributed by atoms with van der Waals surface area (Å²) in [5.74, 6) is 0.268. The second-order valence-electron chi connectivity index (χ2n) is 7.85. The van der Waals surface area contributed by atoms with Crippen LogP contribution in [-0.4, -0.2) is 54.6 Å². The molecular weight excluding hydrogens is 442 g/mol. The van der Waals surface area contributed by atoms with Crippen LogP contribution >= 0.6 is 0 Å². The molecule has 4 rings (SSSR count). The number of nitrogens with one attached hydrogen (secondary N) is 1. The molecule has 10 heteroatoms. The van der Waals surface area contributed by atoms with Gasteiger partial charge in [0.2, 0.25) is 15.9 Å². The Morgan fingerprint density at radius 2 is 1.67 bits per heavy atom. The third-order valence-corrected chi connectivity index (χ3v) is 7.35. The van der Waals surface area contributed by atoms with Crippen molar-refractivity contribution in [1.29, 1.82) is 0 Å². The van der Waals surface area contributed by atoms with E-state index in [4.69, 9.17) is 0 Å². The Balaban J connectivity index is 1.55. The summed E-state index contributed by atoms with van der Waals surface area (Å²) in [4.78, 5) is 25.9. The number of rotatable bonds is 5. The fourth-order valence-corrected chi connectivity index (χ4v) is 5.41. The van der Waals surface area contributed by atoms with Crippen LogP contribution in [0.15, 0.2) is 70.4 Å². The first-order chi connectivity index (χ1) is 15.8. The number of hydrogen-bond donors (Lipinski definition) is 1. The van der Waals surface area contributed by atoms with Crippen LogP contribution in [0.4, 0.5) is 11.5 Å². The summed E-state index contributed by atoms with van der Waals surface area (Å²) < 4.78 is 29.5. The highest BCUT2D eigenvalue weighted by Gasteiger charge is 2.31. The minimum atomic E-state index is -3.81. The highest BCUT2D eigenvalue weighted by molar-refractivity contribution is 7.89. The number of piperazine rings is 1. The zero-order valence-corrected chi connectivity index (χ0v) is 19.2. The number of nitrogens with zero attached hydrogens (tertiary/aromatic N) is 4. The van der Waals surface area contributed by atoms with Crippen LogP contribution in [0.1, 0.15) is 12.5 Å². The van der Waals surface area contributed by atoms with E-state index in [1.807, 2.05) is 30.0 Å². The third kappa shape index (κ3) is 4.81. The molecule has 1 saturated heterocycles. The largest absolute Gasteiger partial charge is 0.353 e. The lowest BCUT2D eigenvalue weighted by Gasteiger charge is -2.35. The first-order valence-corrected chi connectivity index (χ1v) is 12.0. The molecule has 0 radical (unpaired) electrons. The summed E-state index contributed by atoms with van der Waals surface area (Å²) in [7, 11) is -3.81. The summed E-state index contributed by atoms with van der Waals surface area (Å²) in [6.45, 7) is 4.49. The van der Waals surface area contributed by atoms with E-state index in [0.717, 1.165) is 5.56 Å². The molecule has 0 aliphatic carbocycles. The Bertz CT molecular complexity index is 1330. The van der Waals surface area contributed by atoms with E-state index in [-0.39, 0.29) is 35.1 Å².